The van der Waals surface area contributed by atoms with Crippen LogP contribution in [-0.2, 0) is 11.4 Å². The molecule has 2 heterocycles. The second kappa shape index (κ2) is 11.0. The zero-order chi connectivity index (χ0) is 23.9. The van der Waals surface area contributed by atoms with Gasteiger partial charge in [-0.3, -0.25) is 9.59 Å². The number of nitrogens with one attached hydrogen (secondary N) is 1. The van der Waals surface area contributed by atoms with Gasteiger partial charge in [0, 0.05) is 30.0 Å². The Balaban J connectivity index is 1.34. The number of thiazole rings is 1. The van der Waals surface area contributed by atoms with Crippen molar-refractivity contribution in [2.45, 2.75) is 19.4 Å². The molecule has 178 valence electrons. The van der Waals surface area contributed by atoms with Crippen molar-refractivity contribution >= 4 is 28.8 Å². The van der Waals surface area contributed by atoms with E-state index in [4.69, 9.17) is 14.2 Å². The van der Waals surface area contributed by atoms with Crippen LogP contribution >= 0.6 is 11.3 Å². The van der Waals surface area contributed by atoms with Crippen molar-refractivity contribution in [2.75, 3.05) is 32.6 Å². The van der Waals surface area contributed by atoms with Crippen LogP contribution in [0, 0.1) is 5.92 Å². The van der Waals surface area contributed by atoms with E-state index in [0.29, 0.717) is 61.0 Å². The number of ether oxygens (including phenoxy) is 3. The molecule has 1 fully saturated rings. The molecule has 8 nitrogen and oxygen atoms in total. The van der Waals surface area contributed by atoms with Crippen LogP contribution in [0.3, 0.4) is 0 Å². The van der Waals surface area contributed by atoms with E-state index in [1.54, 1.807) is 48.9 Å². The van der Waals surface area contributed by atoms with Crippen LogP contribution in [0.2, 0.25) is 0 Å². The Kier molecular flexibility index (Phi) is 7.64. The van der Waals surface area contributed by atoms with E-state index in [0.717, 1.165) is 5.69 Å². The zero-order valence-electron chi connectivity index (χ0n) is 19.2. The van der Waals surface area contributed by atoms with E-state index in [9.17, 15) is 9.59 Å². The van der Waals surface area contributed by atoms with Gasteiger partial charge in [0.15, 0.2) is 11.5 Å². The quantitative estimate of drug-likeness (QED) is 0.518. The second-order valence-corrected chi connectivity index (χ2v) is 8.61. The van der Waals surface area contributed by atoms with Gasteiger partial charge in [-0.05, 0) is 43.2 Å². The minimum Gasteiger partial charge on any atom is -0.495 e. The largest absolute Gasteiger partial charge is 0.495 e. The first-order valence-electron chi connectivity index (χ1n) is 11.0. The number of carbonyl (C=O) groups excluding carboxylic acids is 2. The maximum Gasteiger partial charge on any atom is 0.253 e. The number of likely N-dealkylation sites (tertiary alicyclic amines) is 1. The Morgan fingerprint density at radius 2 is 1.82 bits per heavy atom. The molecule has 3 aromatic rings. The summed E-state index contributed by atoms with van der Waals surface area (Å²) >= 11 is 1.51. The highest BCUT2D eigenvalue weighted by atomic mass is 32.1. The Morgan fingerprint density at radius 1 is 1.06 bits per heavy atom. The molecule has 0 radical (unpaired) electrons. The van der Waals surface area contributed by atoms with Crippen LogP contribution in [-0.4, -0.2) is 49.0 Å². The van der Waals surface area contributed by atoms with Gasteiger partial charge >= 0.3 is 0 Å². The molecule has 0 atom stereocenters. The number of hydrogen-bond acceptors (Lipinski definition) is 7. The van der Waals surface area contributed by atoms with Crippen LogP contribution < -0.4 is 19.5 Å². The predicted molar refractivity (Wildman–Crippen MR) is 130 cm³/mol. The molecule has 2 amide bonds. The summed E-state index contributed by atoms with van der Waals surface area (Å²) in [6.45, 7) is 1.35. The molecule has 1 aromatic heterocycles. The van der Waals surface area contributed by atoms with Crippen molar-refractivity contribution in [2.24, 2.45) is 5.92 Å². The second-order valence-electron chi connectivity index (χ2n) is 7.89. The number of amides is 2. The fourth-order valence-corrected chi connectivity index (χ4v) is 4.43. The van der Waals surface area contributed by atoms with Gasteiger partial charge in [-0.25, -0.2) is 4.98 Å². The maximum absolute atomic E-state index is 13.1. The smallest absolute Gasteiger partial charge is 0.253 e. The molecule has 0 unspecified atom stereocenters. The van der Waals surface area contributed by atoms with E-state index in [1.807, 2.05) is 23.6 Å². The maximum atomic E-state index is 13.1. The van der Waals surface area contributed by atoms with Gasteiger partial charge in [-0.15, -0.1) is 11.3 Å². The topological polar surface area (TPSA) is 90.0 Å². The summed E-state index contributed by atoms with van der Waals surface area (Å²) < 4.78 is 16.5. The van der Waals surface area contributed by atoms with Crippen molar-refractivity contribution in [1.82, 2.24) is 9.88 Å². The molecule has 0 aliphatic carbocycles. The lowest BCUT2D eigenvalue weighted by Gasteiger charge is -2.31. The van der Waals surface area contributed by atoms with Crippen LogP contribution in [0.1, 0.15) is 28.9 Å². The third-order valence-electron chi connectivity index (χ3n) is 5.79. The zero-order valence-corrected chi connectivity index (χ0v) is 20.0. The minimum absolute atomic E-state index is 0.0557. The van der Waals surface area contributed by atoms with E-state index >= 15 is 0 Å². The molecule has 1 aliphatic heterocycles. The number of benzene rings is 2. The predicted octanol–water partition coefficient (Wildman–Crippen LogP) is 4.23. The van der Waals surface area contributed by atoms with Crippen molar-refractivity contribution in [3.8, 4) is 17.2 Å². The minimum atomic E-state index is -0.162. The highest BCUT2D eigenvalue weighted by molar-refractivity contribution is 7.07. The Morgan fingerprint density at radius 3 is 2.53 bits per heavy atom. The summed E-state index contributed by atoms with van der Waals surface area (Å²) in [5.41, 5.74) is 3.76. The molecule has 9 heteroatoms. The fraction of sp³-hybridized carbons (Fsp3) is 0.320. The molecule has 2 aromatic carbocycles. The molecule has 1 saturated heterocycles. The van der Waals surface area contributed by atoms with Crippen molar-refractivity contribution < 1.29 is 23.8 Å². The Hall–Kier alpha value is -3.59. The molecule has 1 aliphatic rings. The summed E-state index contributed by atoms with van der Waals surface area (Å²) in [6, 6.07) is 12.5. The van der Waals surface area contributed by atoms with Gasteiger partial charge in [-0.1, -0.05) is 12.1 Å². The van der Waals surface area contributed by atoms with Crippen molar-refractivity contribution in [1.29, 1.82) is 0 Å². The van der Waals surface area contributed by atoms with Gasteiger partial charge in [0.25, 0.3) is 5.91 Å². The van der Waals surface area contributed by atoms with Crippen molar-refractivity contribution in [3.05, 3.63) is 64.6 Å². The van der Waals surface area contributed by atoms with E-state index < -0.39 is 0 Å². The number of piperidine rings is 1. The van der Waals surface area contributed by atoms with Crippen LogP contribution in [0.5, 0.6) is 17.2 Å². The normalized spacial score (nSPS) is 13.9. The van der Waals surface area contributed by atoms with Crippen LogP contribution in [0.4, 0.5) is 5.69 Å². The summed E-state index contributed by atoms with van der Waals surface area (Å²) in [5, 5.41) is 4.87. The standard InChI is InChI=1S/C25H27N3O5S/c1-31-21-6-4-3-5-20(21)27-24(29)17-9-11-28(12-10-17)25(30)18-7-8-22(23(13-18)32-2)33-14-19-15-34-16-26-19/h3-8,13,15-17H,9-12,14H2,1-2H3,(H,27,29). The third-order valence-corrected chi connectivity index (χ3v) is 6.42. The highest BCUT2D eigenvalue weighted by Crippen LogP contribution is 2.30. The van der Waals surface area contributed by atoms with Gasteiger partial charge in [0.2, 0.25) is 5.91 Å². The number of rotatable bonds is 8. The third kappa shape index (κ3) is 5.48. The molecule has 1 N–H and O–H groups in total. The number of carbonyl (C=O) groups is 2. The highest BCUT2D eigenvalue weighted by Gasteiger charge is 2.28. The number of aromatic nitrogens is 1. The molecule has 0 saturated carbocycles. The summed E-state index contributed by atoms with van der Waals surface area (Å²) in [6.07, 6.45) is 1.19. The van der Waals surface area contributed by atoms with E-state index in [1.165, 1.54) is 11.3 Å². The first-order valence-corrected chi connectivity index (χ1v) is 11.9. The van der Waals surface area contributed by atoms with E-state index in [-0.39, 0.29) is 17.7 Å². The average molecular weight is 482 g/mol. The van der Waals surface area contributed by atoms with Gasteiger partial charge in [-0.2, -0.15) is 0 Å². The van der Waals surface area contributed by atoms with Crippen LogP contribution in [0.25, 0.3) is 0 Å². The lowest BCUT2D eigenvalue weighted by molar-refractivity contribution is -0.121. The van der Waals surface area contributed by atoms with E-state index in [2.05, 4.69) is 10.3 Å². The molecular weight excluding hydrogens is 454 g/mol. The molecule has 0 bridgehead atoms. The van der Waals surface area contributed by atoms with Gasteiger partial charge in [0.1, 0.15) is 12.4 Å². The molecular formula is C25H27N3O5S. The summed E-state index contributed by atoms with van der Waals surface area (Å²) in [5.74, 6) is 1.36. The lowest BCUT2D eigenvalue weighted by atomic mass is 9.95. The monoisotopic (exact) mass is 481 g/mol. The van der Waals surface area contributed by atoms with Crippen molar-refractivity contribution in [3.63, 3.8) is 0 Å². The molecule has 34 heavy (non-hydrogen) atoms. The Bertz CT molecular complexity index is 1130. The fourth-order valence-electron chi connectivity index (χ4n) is 3.89. The van der Waals surface area contributed by atoms with Gasteiger partial charge < -0.3 is 24.4 Å². The first kappa shape index (κ1) is 23.6. The number of hydrogen-bond donors (Lipinski definition) is 1. The number of anilines is 1. The average Bonchev–Trinajstić information content (AvgIpc) is 3.41. The lowest BCUT2D eigenvalue weighted by Crippen LogP contribution is -2.41. The Labute approximate surface area is 202 Å². The van der Waals surface area contributed by atoms with Gasteiger partial charge in [0.05, 0.1) is 31.1 Å². The first-order chi connectivity index (χ1) is 16.6. The summed E-state index contributed by atoms with van der Waals surface area (Å²) in [7, 11) is 3.12. The van der Waals surface area contributed by atoms with Crippen LogP contribution in [0.15, 0.2) is 53.4 Å². The number of para-hydroxylation sites is 2. The SMILES string of the molecule is COc1ccccc1NC(=O)C1CCN(C(=O)c2ccc(OCc3cscn3)c(OC)c2)CC1. The number of methoxy groups -OCH3 is 2. The summed E-state index contributed by atoms with van der Waals surface area (Å²) in [4.78, 5) is 31.8. The molecule has 4 rings (SSSR count). The number of nitrogens with zero attached hydrogens (tertiary/aromatic N) is 2. The molecule has 0 spiro atoms.